The molecule has 0 aliphatic heterocycles. The average molecular weight is 655 g/mol. The first-order chi connectivity index (χ1) is 22.1. The number of benzene rings is 1. The fraction of sp³-hybridized carbons (Fsp3) is 0.618. The van der Waals surface area contributed by atoms with Crippen LogP contribution in [0.1, 0.15) is 89.7 Å². The summed E-state index contributed by atoms with van der Waals surface area (Å²) < 4.78 is 5.17. The second-order valence-electron chi connectivity index (χ2n) is 14.1. The molecule has 0 aromatic heterocycles. The molecule has 3 fully saturated rings. The molecule has 254 valence electrons. The molecule has 47 heavy (non-hydrogen) atoms. The fourth-order valence-electron chi connectivity index (χ4n) is 9.12. The number of nitro groups is 1. The number of rotatable bonds is 11. The van der Waals surface area contributed by atoms with Crippen LogP contribution in [0.4, 0.5) is 5.69 Å². The van der Waals surface area contributed by atoms with Crippen molar-refractivity contribution in [3.8, 4) is 0 Å². The number of carbonyl (C=O) groups excluding carboxylic acids is 4. The number of nitro benzene ring substituents is 1. The van der Waals surface area contributed by atoms with Crippen LogP contribution < -0.4 is 5.32 Å². The number of aliphatic hydroxyl groups is 2. The molecule has 0 bridgehead atoms. The van der Waals surface area contributed by atoms with Gasteiger partial charge in [-0.1, -0.05) is 31.6 Å². The number of hydrogen-bond donors (Lipinski definition) is 4. The molecular formula is C34H42N2O11. The molecule has 0 spiro atoms. The van der Waals surface area contributed by atoms with E-state index in [1.165, 1.54) is 23.8 Å². The smallest absolute Gasteiger partial charge is 0.329 e. The third-order valence-electron chi connectivity index (χ3n) is 11.8. The summed E-state index contributed by atoms with van der Waals surface area (Å²) in [5.41, 5.74) is -1.63. The van der Waals surface area contributed by atoms with Gasteiger partial charge in [-0.3, -0.25) is 29.3 Å². The van der Waals surface area contributed by atoms with Gasteiger partial charge in [0, 0.05) is 30.4 Å². The molecule has 0 heterocycles. The third-order valence-corrected chi connectivity index (χ3v) is 11.8. The molecule has 8 atom stereocenters. The van der Waals surface area contributed by atoms with Crippen LogP contribution in [0.3, 0.4) is 0 Å². The number of amides is 1. The normalized spacial score (nSPS) is 32.5. The number of esters is 1. The van der Waals surface area contributed by atoms with Crippen molar-refractivity contribution in [2.45, 2.75) is 95.8 Å². The van der Waals surface area contributed by atoms with Gasteiger partial charge < -0.3 is 25.4 Å². The van der Waals surface area contributed by atoms with E-state index in [0.717, 1.165) is 31.7 Å². The Hall–Kier alpha value is -3.97. The molecule has 5 rings (SSSR count). The Balaban J connectivity index is 1.14. The number of fused-ring (bicyclic) bond motifs is 5. The highest BCUT2D eigenvalue weighted by atomic mass is 16.6. The van der Waals surface area contributed by atoms with Crippen LogP contribution in [-0.2, 0) is 28.7 Å². The third kappa shape index (κ3) is 6.22. The summed E-state index contributed by atoms with van der Waals surface area (Å²) in [6.07, 6.45) is 4.56. The highest BCUT2D eigenvalue weighted by molar-refractivity contribution is 5.92. The van der Waals surface area contributed by atoms with E-state index in [0.29, 0.717) is 31.1 Å². The van der Waals surface area contributed by atoms with Crippen molar-refractivity contribution >= 4 is 35.1 Å². The van der Waals surface area contributed by atoms with Gasteiger partial charge in [0.1, 0.15) is 11.7 Å². The molecule has 0 saturated heterocycles. The van der Waals surface area contributed by atoms with Crippen molar-refractivity contribution in [3.05, 3.63) is 51.6 Å². The van der Waals surface area contributed by atoms with Gasteiger partial charge in [-0.25, -0.2) is 4.79 Å². The second-order valence-corrected chi connectivity index (χ2v) is 14.1. The van der Waals surface area contributed by atoms with Gasteiger partial charge in [0.2, 0.25) is 11.7 Å². The molecular weight excluding hydrogens is 612 g/mol. The van der Waals surface area contributed by atoms with Crippen molar-refractivity contribution < 1.29 is 49.0 Å². The van der Waals surface area contributed by atoms with Gasteiger partial charge in [-0.2, -0.15) is 0 Å². The highest BCUT2D eigenvalue weighted by Crippen LogP contribution is 2.67. The quantitative estimate of drug-likeness (QED) is 0.154. The molecule has 0 unspecified atom stereocenters. The zero-order valence-electron chi connectivity index (χ0n) is 26.6. The minimum absolute atomic E-state index is 0.0461. The Morgan fingerprint density at radius 3 is 2.49 bits per heavy atom. The maximum Gasteiger partial charge on any atom is 0.329 e. The molecule has 13 heteroatoms. The van der Waals surface area contributed by atoms with Gasteiger partial charge in [-0.05, 0) is 79.8 Å². The van der Waals surface area contributed by atoms with Gasteiger partial charge in [0.15, 0.2) is 18.4 Å². The average Bonchev–Trinajstić information content (AvgIpc) is 3.32. The summed E-state index contributed by atoms with van der Waals surface area (Å²) in [4.78, 5) is 72.6. The van der Waals surface area contributed by atoms with E-state index in [4.69, 9.17) is 4.74 Å². The summed E-state index contributed by atoms with van der Waals surface area (Å²) in [6, 6.07) is 2.86. The predicted molar refractivity (Wildman–Crippen MR) is 164 cm³/mol. The van der Waals surface area contributed by atoms with Crippen LogP contribution in [0.25, 0.3) is 0 Å². The number of non-ortho nitro benzene ring substituents is 1. The second kappa shape index (κ2) is 12.9. The van der Waals surface area contributed by atoms with Crippen LogP contribution in [0.5, 0.6) is 0 Å². The fourth-order valence-corrected chi connectivity index (χ4v) is 9.12. The lowest BCUT2D eigenvalue weighted by Crippen LogP contribution is -2.58. The molecule has 1 aromatic rings. The van der Waals surface area contributed by atoms with Crippen molar-refractivity contribution in [3.63, 3.8) is 0 Å². The lowest BCUT2D eigenvalue weighted by molar-refractivity contribution is -0.385. The molecule has 4 aliphatic rings. The zero-order valence-corrected chi connectivity index (χ0v) is 26.6. The van der Waals surface area contributed by atoms with Gasteiger partial charge in [0.25, 0.3) is 5.69 Å². The number of aliphatic hydroxyl groups excluding tert-OH is 1. The molecule has 4 aliphatic carbocycles. The van der Waals surface area contributed by atoms with Crippen LogP contribution in [0, 0.1) is 38.7 Å². The van der Waals surface area contributed by atoms with E-state index < -0.39 is 71.2 Å². The minimum atomic E-state index is -1.85. The van der Waals surface area contributed by atoms with Crippen LogP contribution in [0.15, 0.2) is 35.9 Å². The highest BCUT2D eigenvalue weighted by Gasteiger charge is 2.66. The number of hydrogen-bond acceptors (Lipinski definition) is 10. The predicted octanol–water partition coefficient (Wildman–Crippen LogP) is 3.35. The lowest BCUT2D eigenvalue weighted by atomic mass is 9.46. The summed E-state index contributed by atoms with van der Waals surface area (Å²) in [5.74, 6) is -2.97. The Morgan fingerprint density at radius 2 is 1.79 bits per heavy atom. The maximum absolute atomic E-state index is 13.5. The topological polar surface area (TPSA) is 210 Å². The minimum Gasteiger partial charge on any atom is -0.480 e. The van der Waals surface area contributed by atoms with Crippen LogP contribution in [0.2, 0.25) is 0 Å². The number of carbonyl (C=O) groups is 5. The molecule has 13 nitrogen and oxygen atoms in total. The van der Waals surface area contributed by atoms with E-state index in [1.54, 1.807) is 0 Å². The van der Waals surface area contributed by atoms with E-state index in [2.05, 4.69) is 12.2 Å². The number of carboxylic acid groups (broad SMARTS) is 1. The Labute approximate surface area is 271 Å². The van der Waals surface area contributed by atoms with Crippen LogP contribution >= 0.6 is 0 Å². The van der Waals surface area contributed by atoms with Crippen LogP contribution in [-0.4, -0.2) is 67.9 Å². The maximum atomic E-state index is 13.5. The Morgan fingerprint density at radius 1 is 1.06 bits per heavy atom. The zero-order chi connectivity index (χ0) is 34.3. The van der Waals surface area contributed by atoms with Crippen molar-refractivity contribution in [1.82, 2.24) is 5.32 Å². The first-order valence-electron chi connectivity index (χ1n) is 16.2. The van der Waals surface area contributed by atoms with E-state index in [-0.39, 0.29) is 34.8 Å². The molecule has 1 amide bonds. The Kier molecular flexibility index (Phi) is 9.44. The molecule has 4 N–H and O–H groups in total. The van der Waals surface area contributed by atoms with Crippen molar-refractivity contribution in [2.24, 2.45) is 28.6 Å². The monoisotopic (exact) mass is 654 g/mol. The van der Waals surface area contributed by atoms with Crippen molar-refractivity contribution in [2.75, 3.05) is 6.61 Å². The van der Waals surface area contributed by atoms with Gasteiger partial charge >= 0.3 is 11.9 Å². The first kappa shape index (κ1) is 34.4. The number of Topliss-reactive ketones (excluding diaryl/α,β-unsaturated/α-hetero) is 1. The number of ketones is 2. The van der Waals surface area contributed by atoms with Gasteiger partial charge in [0.05, 0.1) is 11.3 Å². The number of carboxylic acids is 1. The summed E-state index contributed by atoms with van der Waals surface area (Å²) in [7, 11) is 0. The number of nitrogens with zero attached hydrogens (tertiary/aromatic N) is 1. The van der Waals surface area contributed by atoms with Gasteiger partial charge in [-0.15, -0.1) is 0 Å². The molecule has 3 saturated carbocycles. The van der Waals surface area contributed by atoms with E-state index in [9.17, 15) is 49.4 Å². The van der Waals surface area contributed by atoms with E-state index >= 15 is 0 Å². The van der Waals surface area contributed by atoms with E-state index in [1.807, 2.05) is 13.0 Å². The Bertz CT molecular complexity index is 1520. The number of allylic oxidation sites excluding steroid dienone is 1. The number of aliphatic carboxylic acids is 1. The SMILES string of the molecule is C[C@]12CCC(=O)C=C1CC[C@@H]1[C@@H]2CC[C@@]2(C)[C@H]1CC[C@]2(O)C(=O)COC(=O)CCC(=O)N[C@@H](C(=O)O)[C@H](O)c1cccc([N+](=O)[O-])c1. The summed E-state index contributed by atoms with van der Waals surface area (Å²) in [6.45, 7) is 3.56. The number of ether oxygens (including phenoxy) is 1. The summed E-state index contributed by atoms with van der Waals surface area (Å²) in [5, 5.41) is 45.0. The first-order valence-corrected chi connectivity index (χ1v) is 16.2. The lowest BCUT2D eigenvalue weighted by Gasteiger charge is -2.58. The standard InChI is InChI=1S/C34H42N2O11/c1-32-13-10-22(37)17-20(32)6-7-23-24(32)11-14-33(2)25(23)12-15-34(33,44)26(38)18-47-28(40)9-8-27(39)35-29(31(42)43)30(41)19-4-3-5-21(16-19)36(45)46/h3-5,16-17,23-25,29-30,41,44H,6-15,18H2,1-2H3,(H,35,39)(H,42,43)/t23-,24+,25+,29-,30-,32+,33+,34+/m1/s1. The molecule has 1 aromatic carbocycles. The number of nitrogens with one attached hydrogen (secondary N) is 1. The van der Waals surface area contributed by atoms with Crippen molar-refractivity contribution in [1.29, 1.82) is 0 Å². The summed E-state index contributed by atoms with van der Waals surface area (Å²) >= 11 is 0. The molecule has 0 radical (unpaired) electrons. The largest absolute Gasteiger partial charge is 0.480 e.